The average Bonchev–Trinajstić information content (AvgIpc) is 3.43. The molecule has 0 aliphatic heterocycles. The summed E-state index contributed by atoms with van der Waals surface area (Å²) in [6.07, 6.45) is 2.69. The third-order valence-corrected chi connectivity index (χ3v) is 6.48. The fourth-order valence-corrected chi connectivity index (χ4v) is 5.01. The number of ether oxygens (including phenoxy) is 1. The SMILES string of the molecule is COC(=O)c1cnc(NC(=O)Cn2cnc3scc(-c4cccs4)c3c2=O)s1. The van der Waals surface area contributed by atoms with E-state index >= 15 is 0 Å². The summed E-state index contributed by atoms with van der Waals surface area (Å²) in [5.41, 5.74) is 0.545. The lowest BCUT2D eigenvalue weighted by molar-refractivity contribution is -0.116. The first-order chi connectivity index (χ1) is 13.6. The predicted octanol–water partition coefficient (Wildman–Crippen LogP) is 3.07. The molecule has 1 amide bonds. The van der Waals surface area contributed by atoms with Gasteiger partial charge in [0.1, 0.15) is 16.3 Å². The van der Waals surface area contributed by atoms with Crippen molar-refractivity contribution in [1.82, 2.24) is 14.5 Å². The van der Waals surface area contributed by atoms with Crippen LogP contribution >= 0.6 is 34.0 Å². The van der Waals surface area contributed by atoms with E-state index in [4.69, 9.17) is 0 Å². The molecule has 0 radical (unpaired) electrons. The Kier molecular flexibility index (Phi) is 5.03. The molecule has 0 saturated carbocycles. The lowest BCUT2D eigenvalue weighted by Crippen LogP contribution is -2.27. The number of aromatic nitrogens is 3. The van der Waals surface area contributed by atoms with Gasteiger partial charge in [0.25, 0.3) is 5.56 Å². The zero-order chi connectivity index (χ0) is 19.7. The monoisotopic (exact) mass is 432 g/mol. The van der Waals surface area contributed by atoms with E-state index in [-0.39, 0.29) is 22.1 Å². The third-order valence-electron chi connectivity index (χ3n) is 3.80. The molecule has 0 aliphatic carbocycles. The molecule has 0 bridgehead atoms. The number of esters is 1. The number of carbonyl (C=O) groups is 2. The number of thiophene rings is 2. The molecule has 4 rings (SSSR count). The summed E-state index contributed by atoms with van der Waals surface area (Å²) in [5, 5.41) is 7.18. The van der Waals surface area contributed by atoms with Gasteiger partial charge < -0.3 is 10.1 Å². The minimum Gasteiger partial charge on any atom is -0.465 e. The molecule has 4 heterocycles. The summed E-state index contributed by atoms with van der Waals surface area (Å²) in [7, 11) is 1.27. The summed E-state index contributed by atoms with van der Waals surface area (Å²) in [5.74, 6) is -0.968. The van der Waals surface area contributed by atoms with Crippen LogP contribution in [0.15, 0.2) is 40.2 Å². The van der Waals surface area contributed by atoms with Crippen molar-refractivity contribution in [2.24, 2.45) is 0 Å². The van der Waals surface area contributed by atoms with Gasteiger partial charge in [0.15, 0.2) is 5.13 Å². The third kappa shape index (κ3) is 3.46. The normalized spacial score (nSPS) is 10.9. The minimum atomic E-state index is -0.526. The van der Waals surface area contributed by atoms with Crippen LogP contribution in [-0.2, 0) is 16.1 Å². The van der Waals surface area contributed by atoms with Crippen molar-refractivity contribution in [3.63, 3.8) is 0 Å². The van der Waals surface area contributed by atoms with Gasteiger partial charge in [-0.15, -0.1) is 22.7 Å². The van der Waals surface area contributed by atoms with Crippen LogP contribution in [0.2, 0.25) is 0 Å². The maximum absolute atomic E-state index is 12.9. The molecular formula is C17H12N4O4S3. The van der Waals surface area contributed by atoms with Crippen LogP contribution < -0.4 is 10.9 Å². The van der Waals surface area contributed by atoms with Crippen molar-refractivity contribution in [2.75, 3.05) is 12.4 Å². The van der Waals surface area contributed by atoms with Crippen molar-refractivity contribution in [1.29, 1.82) is 0 Å². The van der Waals surface area contributed by atoms with E-state index < -0.39 is 11.9 Å². The van der Waals surface area contributed by atoms with E-state index in [9.17, 15) is 14.4 Å². The van der Waals surface area contributed by atoms with Crippen LogP contribution in [0.4, 0.5) is 5.13 Å². The highest BCUT2D eigenvalue weighted by Gasteiger charge is 2.16. The Morgan fingerprint density at radius 2 is 2.14 bits per heavy atom. The quantitative estimate of drug-likeness (QED) is 0.486. The number of nitrogens with zero attached hydrogens (tertiary/aromatic N) is 3. The van der Waals surface area contributed by atoms with E-state index in [0.29, 0.717) is 10.2 Å². The number of hydrogen-bond acceptors (Lipinski definition) is 9. The van der Waals surface area contributed by atoms with Gasteiger partial charge in [0.05, 0.1) is 25.0 Å². The molecule has 8 nitrogen and oxygen atoms in total. The molecule has 1 N–H and O–H groups in total. The molecule has 0 atom stereocenters. The van der Waals surface area contributed by atoms with E-state index in [2.05, 4.69) is 20.0 Å². The lowest BCUT2D eigenvalue weighted by atomic mass is 10.2. The van der Waals surface area contributed by atoms with Gasteiger partial charge >= 0.3 is 5.97 Å². The number of fused-ring (bicyclic) bond motifs is 1. The number of nitrogens with one attached hydrogen (secondary N) is 1. The van der Waals surface area contributed by atoms with E-state index in [1.807, 2.05) is 22.9 Å². The standard InChI is InChI=1S/C17H12N4O4S3/c1-25-16(24)11-5-18-17(28-11)20-12(22)6-21-8-19-14-13(15(21)23)9(7-27-14)10-3-2-4-26-10/h2-5,7-8H,6H2,1H3,(H,18,20,22). The largest absolute Gasteiger partial charge is 0.465 e. The van der Waals surface area contributed by atoms with Crippen LogP contribution in [0.3, 0.4) is 0 Å². The predicted molar refractivity (Wildman–Crippen MR) is 109 cm³/mol. The average molecular weight is 433 g/mol. The Labute approximate surface area is 170 Å². The molecule has 0 fully saturated rings. The first kappa shape index (κ1) is 18.5. The number of rotatable bonds is 5. The number of thiazole rings is 1. The zero-order valence-electron chi connectivity index (χ0n) is 14.4. The van der Waals surface area contributed by atoms with Crippen molar-refractivity contribution < 1.29 is 14.3 Å². The van der Waals surface area contributed by atoms with Gasteiger partial charge in [-0.25, -0.2) is 14.8 Å². The van der Waals surface area contributed by atoms with Crippen LogP contribution in [0.1, 0.15) is 9.67 Å². The van der Waals surface area contributed by atoms with Crippen molar-refractivity contribution in [2.45, 2.75) is 6.54 Å². The minimum absolute atomic E-state index is 0.214. The first-order valence-corrected chi connectivity index (χ1v) is 10.5. The number of anilines is 1. The van der Waals surface area contributed by atoms with Gasteiger partial charge in [-0.2, -0.15) is 0 Å². The Morgan fingerprint density at radius 3 is 2.89 bits per heavy atom. The van der Waals surface area contributed by atoms with Gasteiger partial charge in [-0.05, 0) is 11.4 Å². The molecule has 4 aromatic heterocycles. The van der Waals surface area contributed by atoms with Gasteiger partial charge in [-0.3, -0.25) is 14.2 Å². The van der Waals surface area contributed by atoms with Gasteiger partial charge in [0, 0.05) is 15.8 Å². The summed E-state index contributed by atoms with van der Waals surface area (Å²) in [6, 6.07) is 3.86. The Balaban J connectivity index is 1.58. The topological polar surface area (TPSA) is 103 Å². The molecule has 0 aliphatic rings. The van der Waals surface area contributed by atoms with Crippen LogP contribution in [0, 0.1) is 0 Å². The fourth-order valence-electron chi connectivity index (χ4n) is 2.53. The molecule has 4 aromatic rings. The number of methoxy groups -OCH3 is 1. The van der Waals surface area contributed by atoms with Crippen molar-refractivity contribution in [3.8, 4) is 10.4 Å². The van der Waals surface area contributed by atoms with Crippen molar-refractivity contribution in [3.05, 3.63) is 50.6 Å². The Morgan fingerprint density at radius 1 is 1.29 bits per heavy atom. The molecule has 11 heteroatoms. The fraction of sp³-hybridized carbons (Fsp3) is 0.118. The summed E-state index contributed by atoms with van der Waals surface area (Å²) < 4.78 is 5.87. The molecule has 0 saturated heterocycles. The Hall–Kier alpha value is -2.89. The first-order valence-electron chi connectivity index (χ1n) is 7.91. The number of carbonyl (C=O) groups excluding carboxylic acids is 2. The highest BCUT2D eigenvalue weighted by atomic mass is 32.1. The molecular weight excluding hydrogens is 420 g/mol. The van der Waals surface area contributed by atoms with Gasteiger partial charge in [-0.1, -0.05) is 17.4 Å². The van der Waals surface area contributed by atoms with Gasteiger partial charge in [0.2, 0.25) is 5.91 Å². The lowest BCUT2D eigenvalue weighted by Gasteiger charge is -2.05. The molecule has 0 spiro atoms. The second kappa shape index (κ2) is 7.62. The Bertz CT molecular complexity index is 1220. The molecule has 142 valence electrons. The van der Waals surface area contributed by atoms with Crippen molar-refractivity contribution >= 4 is 61.2 Å². The second-order valence-corrected chi connectivity index (χ2v) is 8.39. The van der Waals surface area contributed by atoms with E-state index in [1.165, 1.54) is 46.9 Å². The maximum atomic E-state index is 12.9. The smallest absolute Gasteiger partial charge is 0.349 e. The second-order valence-electron chi connectivity index (χ2n) is 5.55. The summed E-state index contributed by atoms with van der Waals surface area (Å²) in [6.45, 7) is -0.214. The zero-order valence-corrected chi connectivity index (χ0v) is 16.8. The van der Waals surface area contributed by atoms with Crippen LogP contribution in [0.5, 0.6) is 0 Å². The molecule has 28 heavy (non-hydrogen) atoms. The number of hydrogen-bond donors (Lipinski definition) is 1. The highest BCUT2D eigenvalue weighted by Crippen LogP contribution is 2.33. The highest BCUT2D eigenvalue weighted by molar-refractivity contribution is 7.18. The van der Waals surface area contributed by atoms with E-state index in [1.54, 1.807) is 0 Å². The maximum Gasteiger partial charge on any atom is 0.349 e. The van der Waals surface area contributed by atoms with Crippen LogP contribution in [-0.4, -0.2) is 33.5 Å². The summed E-state index contributed by atoms with van der Waals surface area (Å²) >= 11 is 3.93. The van der Waals surface area contributed by atoms with E-state index in [0.717, 1.165) is 21.8 Å². The molecule has 0 unspecified atom stereocenters. The molecule has 0 aromatic carbocycles. The van der Waals surface area contributed by atoms with Crippen LogP contribution in [0.25, 0.3) is 20.7 Å². The summed E-state index contributed by atoms with van der Waals surface area (Å²) in [4.78, 5) is 46.8. The number of amides is 1.